The van der Waals surface area contributed by atoms with Crippen LogP contribution in [0.15, 0.2) is 12.7 Å². The molecule has 0 amide bonds. The van der Waals surface area contributed by atoms with Crippen LogP contribution in [-0.2, 0) is 4.79 Å². The van der Waals surface area contributed by atoms with Gasteiger partial charge in [-0.1, -0.05) is 13.0 Å². The summed E-state index contributed by atoms with van der Waals surface area (Å²) in [6, 6.07) is 0. The van der Waals surface area contributed by atoms with Crippen LogP contribution < -0.4 is 0 Å². The van der Waals surface area contributed by atoms with Crippen molar-refractivity contribution < 1.29 is 4.79 Å². The zero-order chi connectivity index (χ0) is 7.56. The molecule has 0 saturated heterocycles. The monoisotopic (exact) mass is 138 g/mol. The van der Waals surface area contributed by atoms with Crippen LogP contribution in [0.25, 0.3) is 0 Å². The lowest BCUT2D eigenvalue weighted by Crippen LogP contribution is -2.11. The maximum Gasteiger partial charge on any atom is 0.139 e. The van der Waals surface area contributed by atoms with Crippen molar-refractivity contribution in [2.45, 2.75) is 26.2 Å². The van der Waals surface area contributed by atoms with Crippen molar-refractivity contribution in [3.8, 4) is 0 Å². The van der Waals surface area contributed by atoms with E-state index >= 15 is 0 Å². The van der Waals surface area contributed by atoms with Crippen LogP contribution in [0.4, 0.5) is 0 Å². The summed E-state index contributed by atoms with van der Waals surface area (Å²) in [6.07, 6.45) is 4.76. The van der Waals surface area contributed by atoms with Crippen LogP contribution in [-0.4, -0.2) is 5.78 Å². The van der Waals surface area contributed by atoms with Crippen LogP contribution in [0.1, 0.15) is 26.2 Å². The van der Waals surface area contributed by atoms with E-state index < -0.39 is 0 Å². The quantitative estimate of drug-likeness (QED) is 0.544. The molecule has 0 heterocycles. The lowest BCUT2D eigenvalue weighted by Gasteiger charge is -2.04. The molecule has 1 atom stereocenters. The number of allylic oxidation sites excluding steroid dienone is 1. The van der Waals surface area contributed by atoms with Gasteiger partial charge in [-0.15, -0.1) is 6.58 Å². The maximum atomic E-state index is 11.2. The molecular weight excluding hydrogens is 124 g/mol. The molecule has 1 aliphatic carbocycles. The van der Waals surface area contributed by atoms with Crippen molar-refractivity contribution in [3.63, 3.8) is 0 Å². The van der Waals surface area contributed by atoms with Crippen LogP contribution in [0.3, 0.4) is 0 Å². The van der Waals surface area contributed by atoms with E-state index in [-0.39, 0.29) is 5.92 Å². The average Bonchev–Trinajstić information content (AvgIpc) is 2.68. The number of hydrogen-bond donors (Lipinski definition) is 0. The normalized spacial score (nSPS) is 20.1. The molecule has 56 valence electrons. The highest BCUT2D eigenvalue weighted by Crippen LogP contribution is 2.37. The molecule has 0 aliphatic heterocycles. The number of ketones is 1. The van der Waals surface area contributed by atoms with Gasteiger partial charge in [0, 0.05) is 12.3 Å². The second-order valence-electron chi connectivity index (χ2n) is 3.09. The summed E-state index contributed by atoms with van der Waals surface area (Å²) in [6.45, 7) is 5.57. The highest BCUT2D eigenvalue weighted by atomic mass is 16.1. The van der Waals surface area contributed by atoms with Crippen LogP contribution in [0, 0.1) is 11.8 Å². The highest BCUT2D eigenvalue weighted by molar-refractivity contribution is 5.82. The Morgan fingerprint density at radius 2 is 2.40 bits per heavy atom. The zero-order valence-electron chi connectivity index (χ0n) is 6.47. The van der Waals surface area contributed by atoms with Gasteiger partial charge in [0.25, 0.3) is 0 Å². The van der Waals surface area contributed by atoms with Gasteiger partial charge in [-0.3, -0.25) is 4.79 Å². The Morgan fingerprint density at radius 3 is 2.80 bits per heavy atom. The minimum atomic E-state index is 0.290. The van der Waals surface area contributed by atoms with E-state index in [2.05, 4.69) is 6.58 Å². The van der Waals surface area contributed by atoms with Crippen molar-refractivity contribution >= 4 is 5.78 Å². The smallest absolute Gasteiger partial charge is 0.139 e. The van der Waals surface area contributed by atoms with Gasteiger partial charge in [-0.2, -0.15) is 0 Å². The Kier molecular flexibility index (Phi) is 2.25. The fourth-order valence-corrected chi connectivity index (χ4v) is 1.19. The molecule has 0 aromatic rings. The van der Waals surface area contributed by atoms with E-state index in [1.165, 1.54) is 12.8 Å². The SMILES string of the molecule is C=CCC(=O)C(C)C1CC1. The average molecular weight is 138 g/mol. The summed E-state index contributed by atoms with van der Waals surface area (Å²) in [4.78, 5) is 11.2. The Bertz CT molecular complexity index is 145. The minimum absolute atomic E-state index is 0.290. The third-order valence-corrected chi connectivity index (χ3v) is 2.18. The second kappa shape index (κ2) is 3.00. The lowest BCUT2D eigenvalue weighted by atomic mass is 9.99. The predicted octanol–water partition coefficient (Wildman–Crippen LogP) is 2.18. The van der Waals surface area contributed by atoms with Gasteiger partial charge in [0.15, 0.2) is 0 Å². The Hall–Kier alpha value is -0.590. The van der Waals surface area contributed by atoms with Gasteiger partial charge in [0.05, 0.1) is 0 Å². The van der Waals surface area contributed by atoms with Gasteiger partial charge in [0.1, 0.15) is 5.78 Å². The molecule has 0 radical (unpaired) electrons. The van der Waals surface area contributed by atoms with Gasteiger partial charge in [-0.05, 0) is 18.8 Å². The van der Waals surface area contributed by atoms with E-state index in [0.717, 1.165) is 0 Å². The van der Waals surface area contributed by atoms with E-state index in [9.17, 15) is 4.79 Å². The molecule has 0 aromatic carbocycles. The van der Waals surface area contributed by atoms with Crippen molar-refractivity contribution in [1.82, 2.24) is 0 Å². The third-order valence-electron chi connectivity index (χ3n) is 2.18. The summed E-state index contributed by atoms with van der Waals surface area (Å²) in [7, 11) is 0. The second-order valence-corrected chi connectivity index (χ2v) is 3.09. The molecule has 1 aliphatic rings. The molecule has 0 bridgehead atoms. The molecule has 1 fully saturated rings. The number of Topliss-reactive ketones (excluding diaryl/α,β-unsaturated/α-hetero) is 1. The van der Waals surface area contributed by atoms with Gasteiger partial charge >= 0.3 is 0 Å². The van der Waals surface area contributed by atoms with Crippen molar-refractivity contribution in [2.75, 3.05) is 0 Å². The lowest BCUT2D eigenvalue weighted by molar-refractivity contribution is -0.122. The van der Waals surface area contributed by atoms with E-state index in [1.54, 1.807) is 6.08 Å². The largest absolute Gasteiger partial charge is 0.299 e. The highest BCUT2D eigenvalue weighted by Gasteiger charge is 2.31. The molecule has 0 aromatic heterocycles. The molecule has 0 N–H and O–H groups in total. The molecule has 1 saturated carbocycles. The number of rotatable bonds is 4. The Morgan fingerprint density at radius 1 is 1.80 bits per heavy atom. The van der Waals surface area contributed by atoms with Gasteiger partial charge in [0.2, 0.25) is 0 Å². The first-order chi connectivity index (χ1) is 4.75. The summed E-state index contributed by atoms with van der Waals surface area (Å²) in [5.74, 6) is 1.35. The maximum absolute atomic E-state index is 11.2. The molecule has 1 rings (SSSR count). The van der Waals surface area contributed by atoms with E-state index in [1.807, 2.05) is 6.92 Å². The fraction of sp³-hybridized carbons (Fsp3) is 0.667. The molecular formula is C9H14O. The fourth-order valence-electron chi connectivity index (χ4n) is 1.19. The van der Waals surface area contributed by atoms with Gasteiger partial charge < -0.3 is 0 Å². The Labute approximate surface area is 62.1 Å². The van der Waals surface area contributed by atoms with Crippen LogP contribution in [0.2, 0.25) is 0 Å². The summed E-state index contributed by atoms with van der Waals surface area (Å²) in [5.41, 5.74) is 0. The number of carbonyl (C=O) groups is 1. The molecule has 0 spiro atoms. The van der Waals surface area contributed by atoms with Crippen LogP contribution >= 0.6 is 0 Å². The van der Waals surface area contributed by atoms with Crippen molar-refractivity contribution in [1.29, 1.82) is 0 Å². The van der Waals surface area contributed by atoms with Crippen molar-refractivity contribution in [3.05, 3.63) is 12.7 Å². The molecule has 1 unspecified atom stereocenters. The molecule has 10 heavy (non-hydrogen) atoms. The van der Waals surface area contributed by atoms with Gasteiger partial charge in [-0.25, -0.2) is 0 Å². The topological polar surface area (TPSA) is 17.1 Å². The summed E-state index contributed by atoms with van der Waals surface area (Å²) >= 11 is 0. The molecule has 1 heteroatoms. The summed E-state index contributed by atoms with van der Waals surface area (Å²) in [5, 5.41) is 0. The number of carbonyl (C=O) groups excluding carboxylic acids is 1. The first-order valence-corrected chi connectivity index (χ1v) is 3.89. The minimum Gasteiger partial charge on any atom is -0.299 e. The predicted molar refractivity (Wildman–Crippen MR) is 41.7 cm³/mol. The third kappa shape index (κ3) is 1.69. The van der Waals surface area contributed by atoms with Crippen molar-refractivity contribution in [2.24, 2.45) is 11.8 Å². The summed E-state index contributed by atoms with van der Waals surface area (Å²) < 4.78 is 0. The van der Waals surface area contributed by atoms with Crippen LogP contribution in [0.5, 0.6) is 0 Å². The first kappa shape index (κ1) is 7.52. The number of hydrogen-bond acceptors (Lipinski definition) is 1. The standard InChI is InChI=1S/C9H14O/c1-3-4-9(10)7(2)8-5-6-8/h3,7-8H,1,4-6H2,2H3. The zero-order valence-corrected chi connectivity index (χ0v) is 6.47. The van der Waals surface area contributed by atoms with E-state index in [4.69, 9.17) is 0 Å². The van der Waals surface area contributed by atoms with E-state index in [0.29, 0.717) is 18.1 Å². The molecule has 1 nitrogen and oxygen atoms in total. The Balaban J connectivity index is 2.30. The first-order valence-electron chi connectivity index (χ1n) is 3.89.